The minimum atomic E-state index is -0.390. The smallest absolute Gasteiger partial charge is 0.271 e. The second-order valence-electron chi connectivity index (χ2n) is 8.03. The number of nitrogens with one attached hydrogen (secondary N) is 2. The van der Waals surface area contributed by atoms with Gasteiger partial charge in [0.1, 0.15) is 6.61 Å². The Labute approximate surface area is 209 Å². The second-order valence-corrected chi connectivity index (χ2v) is 8.03. The average Bonchev–Trinajstić information content (AvgIpc) is 2.88. The topological polar surface area (TPSA) is 89.0 Å². The molecule has 4 aromatic carbocycles. The van der Waals surface area contributed by atoms with Gasteiger partial charge in [-0.25, -0.2) is 5.43 Å². The number of carbonyl (C=O) groups excluding carboxylic acids is 2. The zero-order valence-electron chi connectivity index (χ0n) is 20.2. The van der Waals surface area contributed by atoms with Gasteiger partial charge in [0, 0.05) is 18.2 Å². The number of carbonyl (C=O) groups is 2. The van der Waals surface area contributed by atoms with Crippen LogP contribution in [0.3, 0.4) is 0 Å². The number of amides is 2. The largest absolute Gasteiger partial charge is 0.490 e. The molecular formula is C29H27N3O4. The molecule has 0 spiro atoms. The first kappa shape index (κ1) is 24.5. The summed E-state index contributed by atoms with van der Waals surface area (Å²) < 4.78 is 11.9. The number of ether oxygens (including phenoxy) is 2. The van der Waals surface area contributed by atoms with Crippen molar-refractivity contribution in [2.24, 2.45) is 5.10 Å². The lowest BCUT2D eigenvalue weighted by molar-refractivity contribution is -0.114. The summed E-state index contributed by atoms with van der Waals surface area (Å²) in [7, 11) is 0. The molecule has 7 nitrogen and oxygen atoms in total. The zero-order valence-corrected chi connectivity index (χ0v) is 20.2. The standard InChI is InChI=1S/C29H27N3O4/c1-3-35-28-16-21(18-30-32-29(34)23-10-7-12-25(17-23)31-20(2)33)14-15-27(28)36-19-24-11-6-9-22-8-4-5-13-26(22)24/h4-18H,3,19H2,1-2H3,(H,31,33)(H,32,34). The van der Waals surface area contributed by atoms with Gasteiger partial charge >= 0.3 is 0 Å². The highest BCUT2D eigenvalue weighted by Crippen LogP contribution is 2.30. The first-order valence-electron chi connectivity index (χ1n) is 11.6. The van der Waals surface area contributed by atoms with Crippen molar-refractivity contribution in [3.05, 3.63) is 102 Å². The summed E-state index contributed by atoms with van der Waals surface area (Å²) in [6.07, 6.45) is 1.53. The molecule has 2 amide bonds. The van der Waals surface area contributed by atoms with Crippen LogP contribution in [0, 0.1) is 0 Å². The van der Waals surface area contributed by atoms with Gasteiger partial charge in [-0.2, -0.15) is 5.10 Å². The van der Waals surface area contributed by atoms with Crippen LogP contribution < -0.4 is 20.2 Å². The van der Waals surface area contributed by atoms with Gasteiger partial charge in [-0.15, -0.1) is 0 Å². The molecule has 0 aromatic heterocycles. The number of anilines is 1. The molecule has 0 saturated heterocycles. The molecule has 0 bridgehead atoms. The number of hydrogen-bond donors (Lipinski definition) is 2. The molecule has 0 atom stereocenters. The van der Waals surface area contributed by atoms with Crippen LogP contribution in [-0.2, 0) is 11.4 Å². The maximum Gasteiger partial charge on any atom is 0.271 e. The summed E-state index contributed by atoms with van der Waals surface area (Å²) in [5.74, 6) is 0.621. The van der Waals surface area contributed by atoms with Crippen LogP contribution in [-0.4, -0.2) is 24.6 Å². The SMILES string of the molecule is CCOc1cc(C=NNC(=O)c2cccc(NC(C)=O)c2)ccc1OCc1cccc2ccccc12. The summed E-state index contributed by atoms with van der Waals surface area (Å²) in [4.78, 5) is 23.7. The Morgan fingerprint density at radius 3 is 2.53 bits per heavy atom. The molecule has 0 aliphatic carbocycles. The Kier molecular flexibility index (Phi) is 7.93. The van der Waals surface area contributed by atoms with Crippen LogP contribution in [0.4, 0.5) is 5.69 Å². The van der Waals surface area contributed by atoms with Crippen molar-refractivity contribution in [3.63, 3.8) is 0 Å². The Bertz CT molecular complexity index is 1410. The van der Waals surface area contributed by atoms with E-state index in [9.17, 15) is 9.59 Å². The highest BCUT2D eigenvalue weighted by Gasteiger charge is 2.09. The molecule has 4 aromatic rings. The van der Waals surface area contributed by atoms with E-state index >= 15 is 0 Å². The van der Waals surface area contributed by atoms with Gasteiger partial charge in [-0.05, 0) is 65.2 Å². The lowest BCUT2D eigenvalue weighted by Gasteiger charge is -2.13. The van der Waals surface area contributed by atoms with Crippen molar-refractivity contribution >= 4 is 34.5 Å². The van der Waals surface area contributed by atoms with Gasteiger partial charge < -0.3 is 14.8 Å². The third kappa shape index (κ3) is 6.27. The summed E-state index contributed by atoms with van der Waals surface area (Å²) in [6.45, 7) is 4.20. The Balaban J connectivity index is 1.43. The predicted octanol–water partition coefficient (Wildman–Crippen LogP) is 5.54. The van der Waals surface area contributed by atoms with E-state index in [0.29, 0.717) is 36.0 Å². The number of benzene rings is 4. The summed E-state index contributed by atoms with van der Waals surface area (Å²) >= 11 is 0. The minimum absolute atomic E-state index is 0.208. The van der Waals surface area contributed by atoms with Gasteiger partial charge in [0.05, 0.1) is 12.8 Å². The fraction of sp³-hybridized carbons (Fsp3) is 0.138. The van der Waals surface area contributed by atoms with E-state index in [2.05, 4.69) is 40.1 Å². The maximum absolute atomic E-state index is 12.4. The predicted molar refractivity (Wildman–Crippen MR) is 142 cm³/mol. The lowest BCUT2D eigenvalue weighted by Crippen LogP contribution is -2.18. The number of hydrogen-bond acceptors (Lipinski definition) is 5. The Morgan fingerprint density at radius 1 is 0.889 bits per heavy atom. The van der Waals surface area contributed by atoms with E-state index in [1.807, 2.05) is 43.3 Å². The van der Waals surface area contributed by atoms with Crippen LogP contribution in [0.5, 0.6) is 11.5 Å². The number of fused-ring (bicyclic) bond motifs is 1. The molecule has 0 saturated carbocycles. The lowest BCUT2D eigenvalue weighted by atomic mass is 10.1. The molecular weight excluding hydrogens is 454 g/mol. The molecule has 0 unspecified atom stereocenters. The fourth-order valence-electron chi connectivity index (χ4n) is 3.74. The van der Waals surface area contributed by atoms with Gasteiger partial charge in [-0.3, -0.25) is 9.59 Å². The number of nitrogens with zero attached hydrogens (tertiary/aromatic N) is 1. The molecule has 7 heteroatoms. The highest BCUT2D eigenvalue weighted by atomic mass is 16.5. The van der Waals surface area contributed by atoms with E-state index in [-0.39, 0.29) is 5.91 Å². The first-order chi connectivity index (χ1) is 17.5. The molecule has 4 rings (SSSR count). The monoisotopic (exact) mass is 481 g/mol. The molecule has 2 N–H and O–H groups in total. The average molecular weight is 482 g/mol. The Hall–Kier alpha value is -4.65. The van der Waals surface area contributed by atoms with E-state index in [4.69, 9.17) is 9.47 Å². The highest BCUT2D eigenvalue weighted by molar-refractivity contribution is 5.97. The van der Waals surface area contributed by atoms with Gasteiger partial charge in [0.15, 0.2) is 11.5 Å². The number of hydrazone groups is 1. The van der Waals surface area contributed by atoms with Crippen molar-refractivity contribution in [1.29, 1.82) is 0 Å². The summed E-state index contributed by atoms with van der Waals surface area (Å²) in [6, 6.07) is 26.5. The van der Waals surface area contributed by atoms with E-state index < -0.39 is 5.91 Å². The maximum atomic E-state index is 12.4. The van der Waals surface area contributed by atoms with E-state index in [1.165, 1.54) is 18.5 Å². The van der Waals surface area contributed by atoms with Crippen LogP contribution in [0.15, 0.2) is 90.0 Å². The van der Waals surface area contributed by atoms with Gasteiger partial charge in [0.25, 0.3) is 5.91 Å². The van der Waals surface area contributed by atoms with Crippen molar-refractivity contribution in [3.8, 4) is 11.5 Å². The van der Waals surface area contributed by atoms with Gasteiger partial charge in [0.2, 0.25) is 5.91 Å². The molecule has 0 aliphatic heterocycles. The molecule has 36 heavy (non-hydrogen) atoms. The van der Waals surface area contributed by atoms with Crippen LogP contribution in [0.25, 0.3) is 10.8 Å². The molecule has 0 radical (unpaired) electrons. The molecule has 0 heterocycles. The van der Waals surface area contributed by atoms with Crippen molar-refractivity contribution in [2.45, 2.75) is 20.5 Å². The van der Waals surface area contributed by atoms with Crippen molar-refractivity contribution < 1.29 is 19.1 Å². The zero-order chi connectivity index (χ0) is 25.3. The normalized spacial score (nSPS) is 10.8. The van der Waals surface area contributed by atoms with E-state index in [1.54, 1.807) is 24.3 Å². The Morgan fingerprint density at radius 2 is 1.69 bits per heavy atom. The first-order valence-corrected chi connectivity index (χ1v) is 11.6. The third-order valence-corrected chi connectivity index (χ3v) is 5.36. The second kappa shape index (κ2) is 11.7. The fourth-order valence-corrected chi connectivity index (χ4v) is 3.74. The minimum Gasteiger partial charge on any atom is -0.490 e. The van der Waals surface area contributed by atoms with Crippen LogP contribution in [0.2, 0.25) is 0 Å². The number of rotatable bonds is 9. The van der Waals surface area contributed by atoms with Crippen LogP contribution >= 0.6 is 0 Å². The molecule has 0 fully saturated rings. The summed E-state index contributed by atoms with van der Waals surface area (Å²) in [5.41, 5.74) is 5.25. The van der Waals surface area contributed by atoms with E-state index in [0.717, 1.165) is 16.5 Å². The summed E-state index contributed by atoms with van der Waals surface area (Å²) in [5, 5.41) is 9.03. The third-order valence-electron chi connectivity index (χ3n) is 5.36. The van der Waals surface area contributed by atoms with Crippen LogP contribution in [0.1, 0.15) is 35.3 Å². The molecule has 0 aliphatic rings. The quantitative estimate of drug-likeness (QED) is 0.243. The molecule has 182 valence electrons. The van der Waals surface area contributed by atoms with Crippen molar-refractivity contribution in [2.75, 3.05) is 11.9 Å². The van der Waals surface area contributed by atoms with Crippen molar-refractivity contribution in [1.82, 2.24) is 5.43 Å². The van der Waals surface area contributed by atoms with Gasteiger partial charge in [-0.1, -0.05) is 48.5 Å².